The number of para-hydroxylation sites is 1. The van der Waals surface area contributed by atoms with Gasteiger partial charge in [0.1, 0.15) is 24.9 Å². The molecule has 0 aromatic heterocycles. The molecule has 0 bridgehead atoms. The van der Waals surface area contributed by atoms with Crippen LogP contribution in [0.3, 0.4) is 0 Å². The molecule has 0 spiro atoms. The molecular formula is C23H30N3O4+. The van der Waals surface area contributed by atoms with Gasteiger partial charge in [-0.3, -0.25) is 9.59 Å². The van der Waals surface area contributed by atoms with Gasteiger partial charge in [0.25, 0.3) is 5.91 Å². The van der Waals surface area contributed by atoms with Crippen LogP contribution in [0.2, 0.25) is 0 Å². The average molecular weight is 413 g/mol. The topological polar surface area (TPSA) is 72.3 Å². The Bertz CT molecular complexity index is 861. The van der Waals surface area contributed by atoms with Gasteiger partial charge in [-0.2, -0.15) is 0 Å². The number of carbonyl (C=O) groups is 2. The number of amides is 1. The van der Waals surface area contributed by atoms with Crippen molar-refractivity contribution in [1.29, 1.82) is 0 Å². The van der Waals surface area contributed by atoms with Crippen molar-refractivity contribution in [3.63, 3.8) is 0 Å². The fraction of sp³-hybridized carbons (Fsp3) is 0.391. The molecule has 1 fully saturated rings. The van der Waals surface area contributed by atoms with Gasteiger partial charge in [0, 0.05) is 32.3 Å². The molecule has 2 N–H and O–H groups in total. The van der Waals surface area contributed by atoms with Gasteiger partial charge >= 0.3 is 5.97 Å². The second kappa shape index (κ2) is 10.2. The summed E-state index contributed by atoms with van der Waals surface area (Å²) in [6, 6.07) is 15.3. The van der Waals surface area contributed by atoms with Crippen molar-refractivity contribution >= 4 is 17.6 Å². The quantitative estimate of drug-likeness (QED) is 0.526. The molecule has 0 aliphatic carbocycles. The van der Waals surface area contributed by atoms with Gasteiger partial charge in [-0.25, -0.2) is 0 Å². The summed E-state index contributed by atoms with van der Waals surface area (Å²) in [4.78, 5) is 27.7. The fourth-order valence-electron chi connectivity index (χ4n) is 3.67. The first-order valence-electron chi connectivity index (χ1n) is 10.2. The highest BCUT2D eigenvalue weighted by Crippen LogP contribution is 2.19. The molecule has 2 aromatic rings. The van der Waals surface area contributed by atoms with Crippen molar-refractivity contribution in [3.05, 3.63) is 59.7 Å². The largest absolute Gasteiger partial charge is 0.426 e. The second-order valence-electron chi connectivity index (χ2n) is 7.61. The minimum Gasteiger partial charge on any atom is -0.426 e. The van der Waals surface area contributed by atoms with Crippen LogP contribution in [-0.2, 0) is 9.53 Å². The summed E-state index contributed by atoms with van der Waals surface area (Å²) >= 11 is 0. The molecule has 1 aliphatic heterocycles. The molecule has 30 heavy (non-hydrogen) atoms. The molecule has 1 aliphatic rings. The number of rotatable bonds is 7. The smallest absolute Gasteiger partial charge is 0.308 e. The number of morpholine rings is 1. The molecule has 3 rings (SSSR count). The van der Waals surface area contributed by atoms with Gasteiger partial charge in [-0.1, -0.05) is 24.3 Å². The fourth-order valence-corrected chi connectivity index (χ4v) is 3.67. The van der Waals surface area contributed by atoms with E-state index in [-0.39, 0.29) is 17.7 Å². The zero-order valence-electron chi connectivity index (χ0n) is 17.8. The minimum absolute atomic E-state index is 0.106. The number of nitrogens with zero attached hydrogens (tertiary/aromatic N) is 1. The lowest BCUT2D eigenvalue weighted by Crippen LogP contribution is -3.15. The van der Waals surface area contributed by atoms with Crippen molar-refractivity contribution in [2.45, 2.75) is 13.0 Å². The number of anilines is 1. The maximum Gasteiger partial charge on any atom is 0.308 e. The van der Waals surface area contributed by atoms with E-state index in [2.05, 4.69) is 34.5 Å². The first-order valence-corrected chi connectivity index (χ1v) is 10.2. The molecule has 0 saturated carbocycles. The molecule has 0 unspecified atom stereocenters. The monoisotopic (exact) mass is 412 g/mol. The van der Waals surface area contributed by atoms with Crippen LogP contribution in [0.15, 0.2) is 48.5 Å². The SMILES string of the molecule is CC(=O)Oc1ccccc1C(=O)NC[C@@H](c1ccc(N(C)C)cc1)[NH+]1CCOCC1. The molecule has 1 saturated heterocycles. The van der Waals surface area contributed by atoms with Crippen molar-refractivity contribution in [1.82, 2.24) is 5.32 Å². The number of hydrogen-bond donors (Lipinski definition) is 2. The van der Waals surface area contributed by atoms with E-state index in [1.165, 1.54) is 17.4 Å². The molecular weight excluding hydrogens is 382 g/mol. The highest BCUT2D eigenvalue weighted by molar-refractivity contribution is 5.97. The average Bonchev–Trinajstić information content (AvgIpc) is 2.75. The molecule has 1 atom stereocenters. The number of nitrogens with one attached hydrogen (secondary N) is 2. The van der Waals surface area contributed by atoms with Crippen LogP contribution in [0.25, 0.3) is 0 Å². The van der Waals surface area contributed by atoms with Crippen LogP contribution in [0.1, 0.15) is 28.9 Å². The van der Waals surface area contributed by atoms with E-state index in [0.29, 0.717) is 25.3 Å². The first-order chi connectivity index (χ1) is 14.5. The van der Waals surface area contributed by atoms with E-state index in [1.807, 2.05) is 14.1 Å². The van der Waals surface area contributed by atoms with Crippen molar-refractivity contribution in [2.75, 3.05) is 51.8 Å². The summed E-state index contributed by atoms with van der Waals surface area (Å²) in [5, 5.41) is 3.04. The molecule has 1 amide bonds. The number of benzene rings is 2. The Kier molecular flexibility index (Phi) is 7.43. The minimum atomic E-state index is -0.452. The lowest BCUT2D eigenvalue weighted by molar-refractivity contribution is -0.937. The highest BCUT2D eigenvalue weighted by atomic mass is 16.5. The summed E-state index contributed by atoms with van der Waals surface area (Å²) in [6.07, 6.45) is 0. The molecule has 2 aromatic carbocycles. The molecule has 7 nitrogen and oxygen atoms in total. The predicted molar refractivity (Wildman–Crippen MR) is 115 cm³/mol. The van der Waals surface area contributed by atoms with Gasteiger partial charge in [0.05, 0.1) is 25.3 Å². The molecule has 7 heteroatoms. The van der Waals surface area contributed by atoms with E-state index in [1.54, 1.807) is 24.3 Å². The Morgan fingerprint density at radius 2 is 1.77 bits per heavy atom. The number of ether oxygens (including phenoxy) is 2. The Hall–Kier alpha value is -2.90. The summed E-state index contributed by atoms with van der Waals surface area (Å²) in [7, 11) is 4.03. The van der Waals surface area contributed by atoms with Crippen molar-refractivity contribution in [2.24, 2.45) is 0 Å². The van der Waals surface area contributed by atoms with Crippen molar-refractivity contribution < 1.29 is 24.0 Å². The van der Waals surface area contributed by atoms with Crippen LogP contribution in [-0.4, -0.2) is 58.8 Å². The summed E-state index contributed by atoms with van der Waals surface area (Å²) < 4.78 is 10.7. The normalized spacial score (nSPS) is 15.3. The highest BCUT2D eigenvalue weighted by Gasteiger charge is 2.27. The zero-order valence-corrected chi connectivity index (χ0v) is 17.8. The van der Waals surface area contributed by atoms with Gasteiger partial charge < -0.3 is 24.6 Å². The van der Waals surface area contributed by atoms with Gasteiger partial charge in [-0.15, -0.1) is 0 Å². The molecule has 1 heterocycles. The summed E-state index contributed by atoms with van der Waals surface area (Å²) in [6.45, 7) is 5.00. The Labute approximate surface area is 177 Å². The maximum atomic E-state index is 12.9. The van der Waals surface area contributed by atoms with Crippen LogP contribution < -0.4 is 19.9 Å². The van der Waals surface area contributed by atoms with Crippen molar-refractivity contribution in [3.8, 4) is 5.75 Å². The number of quaternary nitrogens is 1. The van der Waals surface area contributed by atoms with Gasteiger partial charge in [0.2, 0.25) is 0 Å². The third-order valence-electron chi connectivity index (χ3n) is 5.29. The zero-order chi connectivity index (χ0) is 21.5. The van der Waals surface area contributed by atoms with E-state index in [4.69, 9.17) is 9.47 Å². The van der Waals surface area contributed by atoms with E-state index < -0.39 is 5.97 Å². The molecule has 0 radical (unpaired) electrons. The Morgan fingerprint density at radius 3 is 2.40 bits per heavy atom. The summed E-state index contributed by atoms with van der Waals surface area (Å²) in [5.74, 6) is -0.436. The Morgan fingerprint density at radius 1 is 1.10 bits per heavy atom. The predicted octanol–water partition coefficient (Wildman–Crippen LogP) is 1.06. The van der Waals surface area contributed by atoms with Crippen LogP contribution in [0.4, 0.5) is 5.69 Å². The van der Waals surface area contributed by atoms with E-state index in [9.17, 15) is 9.59 Å². The second-order valence-corrected chi connectivity index (χ2v) is 7.61. The standard InChI is InChI=1S/C23H29N3O4/c1-17(27)30-22-7-5-4-6-20(22)23(28)24-16-21(26-12-14-29-15-13-26)18-8-10-19(11-9-18)25(2)3/h4-11,21H,12-16H2,1-3H3,(H,24,28)/p+1/t21-/m0/s1. The lowest BCUT2D eigenvalue weighted by Gasteiger charge is -2.32. The van der Waals surface area contributed by atoms with Crippen LogP contribution in [0.5, 0.6) is 5.75 Å². The number of esters is 1. The van der Waals surface area contributed by atoms with E-state index in [0.717, 1.165) is 18.8 Å². The van der Waals surface area contributed by atoms with Crippen LogP contribution >= 0.6 is 0 Å². The lowest BCUT2D eigenvalue weighted by atomic mass is 10.0. The third kappa shape index (κ3) is 5.58. The maximum absolute atomic E-state index is 12.9. The first kappa shape index (κ1) is 21.8. The van der Waals surface area contributed by atoms with Gasteiger partial charge in [-0.05, 0) is 24.3 Å². The summed E-state index contributed by atoms with van der Waals surface area (Å²) in [5.41, 5.74) is 2.66. The third-order valence-corrected chi connectivity index (χ3v) is 5.29. The molecule has 160 valence electrons. The number of carbonyl (C=O) groups excluding carboxylic acids is 2. The van der Waals surface area contributed by atoms with Gasteiger partial charge in [0.15, 0.2) is 0 Å². The van der Waals surface area contributed by atoms with E-state index >= 15 is 0 Å². The van der Waals surface area contributed by atoms with Crippen LogP contribution in [0, 0.1) is 0 Å². The Balaban J connectivity index is 1.77. The number of hydrogen-bond acceptors (Lipinski definition) is 5.